The second-order valence-electron chi connectivity index (χ2n) is 5.97. The topological polar surface area (TPSA) is 56.6 Å². The summed E-state index contributed by atoms with van der Waals surface area (Å²) in [5.74, 6) is 2.21. The third kappa shape index (κ3) is 2.44. The minimum absolute atomic E-state index is 0.00909. The third-order valence-corrected chi connectivity index (χ3v) is 4.57. The summed E-state index contributed by atoms with van der Waals surface area (Å²) in [5.41, 5.74) is 0.586. The molecule has 0 unspecified atom stereocenters. The van der Waals surface area contributed by atoms with Crippen molar-refractivity contribution in [2.45, 2.75) is 25.8 Å². The number of nitrogens with zero attached hydrogens (tertiary/aromatic N) is 3. The zero-order chi connectivity index (χ0) is 15.8. The largest absolute Gasteiger partial charge is 0.454 e. The summed E-state index contributed by atoms with van der Waals surface area (Å²) in [6.07, 6.45) is 5.85. The molecular weight excluding hydrogens is 294 g/mol. The van der Waals surface area contributed by atoms with E-state index < -0.39 is 0 Å². The monoisotopic (exact) mass is 313 g/mol. The van der Waals surface area contributed by atoms with Crippen LogP contribution in [0.1, 0.15) is 35.1 Å². The molecule has 0 radical (unpaired) electrons. The molecule has 3 heterocycles. The number of carbonyl (C=O) groups is 1. The summed E-state index contributed by atoms with van der Waals surface area (Å²) in [6, 6.07) is 5.75. The Kier molecular flexibility index (Phi) is 3.44. The fraction of sp³-hybridized carbons (Fsp3) is 0.412. The lowest BCUT2D eigenvalue weighted by Gasteiger charge is -2.34. The summed E-state index contributed by atoms with van der Waals surface area (Å²) in [4.78, 5) is 19.1. The number of hydrogen-bond acceptors (Lipinski definition) is 4. The van der Waals surface area contributed by atoms with Crippen LogP contribution < -0.4 is 9.47 Å². The number of benzene rings is 1. The molecule has 0 aliphatic carbocycles. The van der Waals surface area contributed by atoms with E-state index in [1.165, 1.54) is 0 Å². The number of aryl methyl sites for hydroxylation is 1. The maximum Gasteiger partial charge on any atom is 0.257 e. The van der Waals surface area contributed by atoms with Gasteiger partial charge in [0.25, 0.3) is 5.91 Å². The predicted octanol–water partition coefficient (Wildman–Crippen LogP) is 2.40. The van der Waals surface area contributed by atoms with Crippen LogP contribution in [0.4, 0.5) is 0 Å². The van der Waals surface area contributed by atoms with Crippen LogP contribution in [-0.2, 0) is 0 Å². The minimum atomic E-state index is 0.00909. The van der Waals surface area contributed by atoms with Gasteiger partial charge in [0.05, 0.1) is 11.6 Å². The lowest BCUT2D eigenvalue weighted by molar-refractivity contribution is 0.0673. The van der Waals surface area contributed by atoms with Gasteiger partial charge in [-0.1, -0.05) is 6.07 Å². The lowest BCUT2D eigenvalue weighted by Crippen LogP contribution is -2.40. The molecule has 1 aromatic carbocycles. The van der Waals surface area contributed by atoms with Crippen molar-refractivity contribution in [3.05, 3.63) is 42.0 Å². The Balaban J connectivity index is 1.57. The van der Waals surface area contributed by atoms with Crippen LogP contribution in [0.15, 0.2) is 30.6 Å². The van der Waals surface area contributed by atoms with Crippen LogP contribution in [0.5, 0.6) is 11.5 Å². The van der Waals surface area contributed by atoms with Gasteiger partial charge in [0.15, 0.2) is 11.5 Å². The SMILES string of the molecule is Cc1nccn1[C@H]1CCCN(C(=O)c2cccc3c2OCO3)C1. The highest BCUT2D eigenvalue weighted by Gasteiger charge is 2.29. The van der Waals surface area contributed by atoms with Gasteiger partial charge in [0, 0.05) is 25.5 Å². The molecule has 0 N–H and O–H groups in total. The summed E-state index contributed by atoms with van der Waals surface area (Å²) >= 11 is 0. The third-order valence-electron chi connectivity index (χ3n) is 4.57. The van der Waals surface area contributed by atoms with Crippen molar-refractivity contribution in [1.29, 1.82) is 0 Å². The molecule has 1 saturated heterocycles. The number of fused-ring (bicyclic) bond motifs is 1. The smallest absolute Gasteiger partial charge is 0.257 e. The van der Waals surface area contributed by atoms with Crippen LogP contribution in [0.3, 0.4) is 0 Å². The highest BCUT2D eigenvalue weighted by Crippen LogP contribution is 2.36. The van der Waals surface area contributed by atoms with E-state index in [9.17, 15) is 4.79 Å². The molecule has 2 aliphatic rings. The molecule has 6 heteroatoms. The lowest BCUT2D eigenvalue weighted by atomic mass is 10.0. The van der Waals surface area contributed by atoms with Crippen molar-refractivity contribution >= 4 is 5.91 Å². The number of amides is 1. The van der Waals surface area contributed by atoms with Gasteiger partial charge in [-0.25, -0.2) is 4.98 Å². The summed E-state index contributed by atoms with van der Waals surface area (Å²) < 4.78 is 13.0. The van der Waals surface area contributed by atoms with Crippen molar-refractivity contribution < 1.29 is 14.3 Å². The molecule has 0 bridgehead atoms. The molecule has 2 aromatic rings. The van der Waals surface area contributed by atoms with E-state index in [4.69, 9.17) is 9.47 Å². The van der Waals surface area contributed by atoms with Crippen LogP contribution in [0.25, 0.3) is 0 Å². The van der Waals surface area contributed by atoms with Crippen LogP contribution in [0.2, 0.25) is 0 Å². The molecule has 4 rings (SSSR count). The maximum atomic E-state index is 12.9. The van der Waals surface area contributed by atoms with Crippen LogP contribution >= 0.6 is 0 Å². The average Bonchev–Trinajstić information content (AvgIpc) is 3.22. The van der Waals surface area contributed by atoms with Crippen molar-refractivity contribution in [1.82, 2.24) is 14.5 Å². The van der Waals surface area contributed by atoms with Gasteiger partial charge >= 0.3 is 0 Å². The predicted molar refractivity (Wildman–Crippen MR) is 83.7 cm³/mol. The zero-order valence-corrected chi connectivity index (χ0v) is 13.1. The Morgan fingerprint density at radius 1 is 1.35 bits per heavy atom. The van der Waals surface area contributed by atoms with E-state index >= 15 is 0 Å². The molecule has 0 spiro atoms. The Bertz CT molecular complexity index is 740. The highest BCUT2D eigenvalue weighted by atomic mass is 16.7. The highest BCUT2D eigenvalue weighted by molar-refractivity contribution is 5.98. The number of piperidine rings is 1. The Morgan fingerprint density at radius 3 is 3.09 bits per heavy atom. The molecule has 1 fully saturated rings. The van der Waals surface area contributed by atoms with Crippen molar-refractivity contribution in [2.75, 3.05) is 19.9 Å². The number of para-hydroxylation sites is 1. The zero-order valence-electron chi connectivity index (χ0n) is 13.1. The van der Waals surface area contributed by atoms with Gasteiger partial charge in [0.2, 0.25) is 6.79 Å². The fourth-order valence-corrected chi connectivity index (χ4v) is 3.41. The molecule has 23 heavy (non-hydrogen) atoms. The first-order chi connectivity index (χ1) is 11.2. The van der Waals surface area contributed by atoms with E-state index in [1.54, 1.807) is 0 Å². The number of imidazole rings is 1. The van der Waals surface area contributed by atoms with Crippen molar-refractivity contribution in [3.8, 4) is 11.5 Å². The van der Waals surface area contributed by atoms with Gasteiger partial charge in [-0.15, -0.1) is 0 Å². The van der Waals surface area contributed by atoms with Crippen LogP contribution in [0, 0.1) is 6.92 Å². The minimum Gasteiger partial charge on any atom is -0.454 e. The summed E-state index contributed by atoms with van der Waals surface area (Å²) in [5, 5.41) is 0. The number of aromatic nitrogens is 2. The second-order valence-corrected chi connectivity index (χ2v) is 5.97. The number of likely N-dealkylation sites (tertiary alicyclic amines) is 1. The van der Waals surface area contributed by atoms with E-state index in [1.807, 2.05) is 42.4 Å². The van der Waals surface area contributed by atoms with E-state index in [2.05, 4.69) is 9.55 Å². The van der Waals surface area contributed by atoms with E-state index in [-0.39, 0.29) is 18.7 Å². The molecule has 6 nitrogen and oxygen atoms in total. The summed E-state index contributed by atoms with van der Waals surface area (Å²) in [6.45, 7) is 3.64. The van der Waals surface area contributed by atoms with Crippen LogP contribution in [-0.4, -0.2) is 40.2 Å². The van der Waals surface area contributed by atoms with Crippen molar-refractivity contribution in [2.24, 2.45) is 0 Å². The Morgan fingerprint density at radius 2 is 2.26 bits per heavy atom. The Labute approximate surface area is 134 Å². The standard InChI is InChI=1S/C17H19N3O3/c1-12-18-7-9-20(12)13-4-3-8-19(10-13)17(21)14-5-2-6-15-16(14)23-11-22-15/h2,5-7,9,13H,3-4,8,10-11H2,1H3/t13-/m0/s1. The number of carbonyl (C=O) groups excluding carboxylic acids is 1. The van der Waals surface area contributed by atoms with E-state index in [0.29, 0.717) is 23.6 Å². The second kappa shape index (κ2) is 5.61. The first-order valence-electron chi connectivity index (χ1n) is 7.91. The molecular formula is C17H19N3O3. The van der Waals surface area contributed by atoms with Gasteiger partial charge in [-0.05, 0) is 31.9 Å². The van der Waals surface area contributed by atoms with Gasteiger partial charge in [-0.3, -0.25) is 4.79 Å². The normalized spacial score (nSPS) is 19.9. The number of ether oxygens (including phenoxy) is 2. The molecule has 1 aromatic heterocycles. The number of hydrogen-bond donors (Lipinski definition) is 0. The molecule has 120 valence electrons. The van der Waals surface area contributed by atoms with Crippen molar-refractivity contribution in [3.63, 3.8) is 0 Å². The molecule has 0 saturated carbocycles. The van der Waals surface area contributed by atoms with Gasteiger partial charge in [0.1, 0.15) is 5.82 Å². The average molecular weight is 313 g/mol. The van der Waals surface area contributed by atoms with E-state index in [0.717, 1.165) is 25.2 Å². The first-order valence-corrected chi connectivity index (χ1v) is 7.91. The van der Waals surface area contributed by atoms with Gasteiger partial charge < -0.3 is 18.9 Å². The number of rotatable bonds is 2. The molecule has 2 aliphatic heterocycles. The molecule has 1 atom stereocenters. The molecule has 1 amide bonds. The van der Waals surface area contributed by atoms with Gasteiger partial charge in [-0.2, -0.15) is 0 Å². The first kappa shape index (κ1) is 14.1. The summed E-state index contributed by atoms with van der Waals surface area (Å²) in [7, 11) is 0. The Hall–Kier alpha value is -2.50. The maximum absolute atomic E-state index is 12.9. The fourth-order valence-electron chi connectivity index (χ4n) is 3.41. The quantitative estimate of drug-likeness (QED) is 0.854.